The van der Waals surface area contributed by atoms with Crippen molar-refractivity contribution in [2.45, 2.75) is 26.7 Å². The van der Waals surface area contributed by atoms with Gasteiger partial charge < -0.3 is 14.6 Å². The van der Waals surface area contributed by atoms with E-state index in [1.54, 1.807) is 18.2 Å². The molecule has 0 amide bonds. The zero-order valence-corrected chi connectivity index (χ0v) is 15.9. The van der Waals surface area contributed by atoms with Crippen LogP contribution in [0.3, 0.4) is 0 Å². The van der Waals surface area contributed by atoms with Crippen molar-refractivity contribution >= 4 is 23.6 Å². The summed E-state index contributed by atoms with van der Waals surface area (Å²) in [5.74, 6) is 0.769. The first-order valence-corrected chi connectivity index (χ1v) is 8.81. The molecular weight excluding hydrogens is 352 g/mol. The quantitative estimate of drug-likeness (QED) is 0.501. The van der Waals surface area contributed by atoms with Crippen LogP contribution >= 0.6 is 11.6 Å². The lowest BCUT2D eigenvalue weighted by atomic mass is 10.0. The molecule has 0 unspecified atom stereocenters. The Morgan fingerprint density at radius 1 is 1.12 bits per heavy atom. The van der Waals surface area contributed by atoms with Crippen LogP contribution in [-0.2, 0) is 4.79 Å². The van der Waals surface area contributed by atoms with Gasteiger partial charge in [0.1, 0.15) is 24.7 Å². The van der Waals surface area contributed by atoms with Gasteiger partial charge in [-0.3, -0.25) is 0 Å². The smallest absolute Gasteiger partial charge is 0.328 e. The summed E-state index contributed by atoms with van der Waals surface area (Å²) in [5, 5.41) is 9.30. The maximum Gasteiger partial charge on any atom is 0.328 e. The molecule has 5 heteroatoms. The number of benzene rings is 2. The van der Waals surface area contributed by atoms with Gasteiger partial charge in [-0.15, -0.1) is 0 Å². The topological polar surface area (TPSA) is 55.8 Å². The Kier molecular flexibility index (Phi) is 7.10. The summed E-state index contributed by atoms with van der Waals surface area (Å²) in [6.07, 6.45) is 2.51. The minimum atomic E-state index is -1.03. The molecule has 138 valence electrons. The maximum absolute atomic E-state index is 10.7. The van der Waals surface area contributed by atoms with Crippen LogP contribution in [0.4, 0.5) is 0 Å². The number of aliphatic carboxylic acids is 1. The molecule has 0 aliphatic heterocycles. The Bertz CT molecular complexity index is 797. The van der Waals surface area contributed by atoms with Crippen LogP contribution in [0.2, 0.25) is 5.02 Å². The number of rotatable bonds is 8. The summed E-state index contributed by atoms with van der Waals surface area (Å²) in [6, 6.07) is 11.3. The maximum atomic E-state index is 10.7. The predicted molar refractivity (Wildman–Crippen MR) is 104 cm³/mol. The van der Waals surface area contributed by atoms with Gasteiger partial charge in [0, 0.05) is 16.7 Å². The van der Waals surface area contributed by atoms with Crippen LogP contribution in [0, 0.1) is 6.92 Å². The predicted octanol–water partition coefficient (Wildman–Crippen LogP) is 5.33. The van der Waals surface area contributed by atoms with Crippen LogP contribution in [0.25, 0.3) is 6.08 Å². The standard InChI is InChI=1S/C21H23ClO4/c1-14(2)18-7-4-15(3)12-20(18)26-11-10-25-19-8-6-17(22)13-16(19)5-9-21(23)24/h4-9,12-14H,10-11H2,1-3H3,(H,23,24). The lowest BCUT2D eigenvalue weighted by Crippen LogP contribution is -2.11. The molecule has 2 rings (SSSR count). The number of hydrogen-bond acceptors (Lipinski definition) is 3. The number of ether oxygens (including phenoxy) is 2. The molecule has 1 N–H and O–H groups in total. The summed E-state index contributed by atoms with van der Waals surface area (Å²) in [4.78, 5) is 10.7. The minimum absolute atomic E-state index is 0.334. The van der Waals surface area contributed by atoms with E-state index in [0.29, 0.717) is 35.5 Å². The SMILES string of the molecule is Cc1ccc(C(C)C)c(OCCOc2ccc(Cl)cc2C=CC(=O)O)c1. The second-order valence-electron chi connectivity index (χ2n) is 6.25. The lowest BCUT2D eigenvalue weighted by molar-refractivity contribution is -0.131. The minimum Gasteiger partial charge on any atom is -0.490 e. The van der Waals surface area contributed by atoms with Gasteiger partial charge in [-0.25, -0.2) is 4.79 Å². The van der Waals surface area contributed by atoms with Crippen LogP contribution in [0.1, 0.15) is 36.5 Å². The summed E-state index contributed by atoms with van der Waals surface area (Å²) in [5.41, 5.74) is 2.91. The highest BCUT2D eigenvalue weighted by molar-refractivity contribution is 6.30. The van der Waals surface area contributed by atoms with Gasteiger partial charge in [0.15, 0.2) is 0 Å². The molecule has 0 aliphatic carbocycles. The first kappa shape index (κ1) is 19.9. The largest absolute Gasteiger partial charge is 0.490 e. The summed E-state index contributed by atoms with van der Waals surface area (Å²) in [6.45, 7) is 7.00. The molecule has 0 radical (unpaired) electrons. The Morgan fingerprint density at radius 3 is 2.46 bits per heavy atom. The molecule has 0 heterocycles. The molecule has 0 fully saturated rings. The van der Waals surface area contributed by atoms with E-state index >= 15 is 0 Å². The van der Waals surface area contributed by atoms with E-state index in [9.17, 15) is 4.79 Å². The Balaban J connectivity index is 2.01. The summed E-state index contributed by atoms with van der Waals surface area (Å²) in [7, 11) is 0. The van der Waals surface area contributed by atoms with Crippen molar-refractivity contribution in [3.63, 3.8) is 0 Å². The highest BCUT2D eigenvalue weighted by atomic mass is 35.5. The van der Waals surface area contributed by atoms with Crippen LogP contribution in [0.5, 0.6) is 11.5 Å². The molecular formula is C21H23ClO4. The Labute approximate surface area is 159 Å². The second-order valence-corrected chi connectivity index (χ2v) is 6.68. The number of hydrogen-bond donors (Lipinski definition) is 1. The molecule has 0 aliphatic rings. The molecule has 2 aromatic rings. The third kappa shape index (κ3) is 5.81. The Hall–Kier alpha value is -2.46. The Morgan fingerprint density at radius 2 is 1.81 bits per heavy atom. The third-order valence-corrected chi connectivity index (χ3v) is 4.00. The summed E-state index contributed by atoms with van der Waals surface area (Å²) >= 11 is 5.97. The molecule has 26 heavy (non-hydrogen) atoms. The zero-order chi connectivity index (χ0) is 19.1. The molecule has 0 saturated carbocycles. The highest BCUT2D eigenvalue weighted by Crippen LogP contribution is 2.28. The average molecular weight is 375 g/mol. The van der Waals surface area contributed by atoms with E-state index in [1.165, 1.54) is 6.08 Å². The summed E-state index contributed by atoms with van der Waals surface area (Å²) < 4.78 is 11.6. The first-order valence-electron chi connectivity index (χ1n) is 8.43. The second kappa shape index (κ2) is 9.30. The van der Waals surface area contributed by atoms with E-state index in [0.717, 1.165) is 23.0 Å². The van der Waals surface area contributed by atoms with Crippen LogP contribution in [0.15, 0.2) is 42.5 Å². The van der Waals surface area contributed by atoms with E-state index in [1.807, 2.05) is 13.0 Å². The van der Waals surface area contributed by atoms with E-state index < -0.39 is 5.97 Å². The van der Waals surface area contributed by atoms with E-state index in [2.05, 4.69) is 26.0 Å². The normalized spacial score (nSPS) is 11.1. The van der Waals surface area contributed by atoms with Crippen molar-refractivity contribution in [2.24, 2.45) is 0 Å². The monoisotopic (exact) mass is 374 g/mol. The van der Waals surface area contributed by atoms with Crippen molar-refractivity contribution in [3.05, 3.63) is 64.2 Å². The number of halogens is 1. The zero-order valence-electron chi connectivity index (χ0n) is 15.2. The van der Waals surface area contributed by atoms with Crippen LogP contribution in [-0.4, -0.2) is 24.3 Å². The fourth-order valence-electron chi connectivity index (χ4n) is 2.49. The third-order valence-electron chi connectivity index (χ3n) is 3.77. The molecule has 4 nitrogen and oxygen atoms in total. The van der Waals surface area contributed by atoms with Gasteiger partial charge in [0.05, 0.1) is 0 Å². The molecule has 0 aromatic heterocycles. The van der Waals surface area contributed by atoms with Gasteiger partial charge >= 0.3 is 5.97 Å². The first-order chi connectivity index (χ1) is 12.4. The number of carbonyl (C=O) groups is 1. The molecule has 0 spiro atoms. The van der Waals surface area contributed by atoms with Crippen molar-refractivity contribution in [3.8, 4) is 11.5 Å². The van der Waals surface area contributed by atoms with Gasteiger partial charge in [-0.2, -0.15) is 0 Å². The van der Waals surface area contributed by atoms with Gasteiger partial charge in [-0.1, -0.05) is 37.6 Å². The average Bonchev–Trinajstić information content (AvgIpc) is 2.58. The molecule has 2 aromatic carbocycles. The molecule has 0 bridgehead atoms. The van der Waals surface area contributed by atoms with E-state index in [4.69, 9.17) is 26.2 Å². The molecule has 0 saturated heterocycles. The van der Waals surface area contributed by atoms with Gasteiger partial charge in [0.25, 0.3) is 0 Å². The lowest BCUT2D eigenvalue weighted by Gasteiger charge is -2.15. The van der Waals surface area contributed by atoms with Gasteiger partial charge in [-0.05, 0) is 54.3 Å². The fraction of sp³-hybridized carbons (Fsp3) is 0.286. The van der Waals surface area contributed by atoms with Crippen molar-refractivity contribution < 1.29 is 19.4 Å². The highest BCUT2D eigenvalue weighted by Gasteiger charge is 2.09. The van der Waals surface area contributed by atoms with Crippen molar-refractivity contribution in [1.29, 1.82) is 0 Å². The fourth-order valence-corrected chi connectivity index (χ4v) is 2.67. The number of carboxylic acid groups (broad SMARTS) is 1. The van der Waals surface area contributed by atoms with Crippen LogP contribution < -0.4 is 9.47 Å². The van der Waals surface area contributed by atoms with Crippen molar-refractivity contribution in [2.75, 3.05) is 13.2 Å². The van der Waals surface area contributed by atoms with Gasteiger partial charge in [0.2, 0.25) is 0 Å². The van der Waals surface area contributed by atoms with E-state index in [-0.39, 0.29) is 0 Å². The molecule has 0 atom stereocenters. The number of aryl methyl sites for hydroxylation is 1. The number of carboxylic acids is 1. The van der Waals surface area contributed by atoms with Crippen molar-refractivity contribution in [1.82, 2.24) is 0 Å².